The zero-order valence-electron chi connectivity index (χ0n) is 7.91. The van der Waals surface area contributed by atoms with Gasteiger partial charge in [-0.25, -0.2) is 0 Å². The highest BCUT2D eigenvalue weighted by atomic mass is 16.5. The molecule has 2 aliphatic heterocycles. The van der Waals surface area contributed by atoms with Gasteiger partial charge in [0, 0.05) is 6.04 Å². The number of fused-ring (bicyclic) bond motifs is 1. The van der Waals surface area contributed by atoms with Gasteiger partial charge in [-0.1, -0.05) is 12.1 Å². The number of benzene rings is 1. The summed E-state index contributed by atoms with van der Waals surface area (Å²) in [4.78, 5) is 12.1. The molecule has 3 rings (SSSR count). The fourth-order valence-corrected chi connectivity index (χ4v) is 2.05. The average molecular weight is 189 g/mol. The molecule has 3 heteroatoms. The Hall–Kier alpha value is -1.35. The van der Waals surface area contributed by atoms with Crippen LogP contribution in [0.25, 0.3) is 0 Å². The second-order valence-electron chi connectivity index (χ2n) is 3.95. The van der Waals surface area contributed by atoms with Crippen LogP contribution in [0.5, 0.6) is 5.75 Å². The van der Waals surface area contributed by atoms with Crippen LogP contribution in [0.15, 0.2) is 24.3 Å². The van der Waals surface area contributed by atoms with Gasteiger partial charge in [0.05, 0.1) is 5.56 Å². The summed E-state index contributed by atoms with van der Waals surface area (Å²) in [5.41, 5.74) is 0.282. The minimum atomic E-state index is -0.422. The second-order valence-corrected chi connectivity index (χ2v) is 3.95. The standard InChI is InChI=1S/C11H11NO2/c1-7-11(12-7)6-14-9-5-3-2-4-8(9)10(11)13/h2-5,7,12H,6H2,1H3/t7-,11+/m0/s1. The summed E-state index contributed by atoms with van der Waals surface area (Å²) >= 11 is 0. The molecule has 0 saturated carbocycles. The van der Waals surface area contributed by atoms with Crippen LogP contribution in [-0.2, 0) is 0 Å². The second kappa shape index (κ2) is 2.36. The normalized spacial score (nSPS) is 33.8. The Bertz CT molecular complexity index is 416. The molecule has 14 heavy (non-hydrogen) atoms. The van der Waals surface area contributed by atoms with Crippen LogP contribution in [0.2, 0.25) is 0 Å². The van der Waals surface area contributed by atoms with Gasteiger partial charge in [0.2, 0.25) is 0 Å². The Balaban J connectivity index is 2.09. The predicted octanol–water partition coefficient (Wildman–Crippen LogP) is 0.992. The molecule has 3 nitrogen and oxygen atoms in total. The highest BCUT2D eigenvalue weighted by Crippen LogP contribution is 2.37. The van der Waals surface area contributed by atoms with E-state index < -0.39 is 5.54 Å². The summed E-state index contributed by atoms with van der Waals surface area (Å²) in [6.45, 7) is 2.47. The molecule has 0 aliphatic carbocycles. The lowest BCUT2D eigenvalue weighted by molar-refractivity contribution is 0.0866. The first-order valence-corrected chi connectivity index (χ1v) is 4.78. The molecule has 0 amide bonds. The van der Waals surface area contributed by atoms with Gasteiger partial charge >= 0.3 is 0 Å². The first kappa shape index (κ1) is 8.00. The minimum absolute atomic E-state index is 0.173. The van der Waals surface area contributed by atoms with Gasteiger partial charge < -0.3 is 4.74 Å². The van der Waals surface area contributed by atoms with Crippen molar-refractivity contribution >= 4 is 5.78 Å². The number of hydrogen-bond acceptors (Lipinski definition) is 3. The van der Waals surface area contributed by atoms with Crippen molar-refractivity contribution in [3.8, 4) is 5.75 Å². The molecular weight excluding hydrogens is 178 g/mol. The molecule has 1 N–H and O–H groups in total. The first-order chi connectivity index (χ1) is 6.74. The number of para-hydroxylation sites is 1. The van der Waals surface area contributed by atoms with Crippen molar-refractivity contribution in [2.75, 3.05) is 6.61 Å². The van der Waals surface area contributed by atoms with Crippen molar-refractivity contribution < 1.29 is 9.53 Å². The molecule has 0 unspecified atom stereocenters. The van der Waals surface area contributed by atoms with Crippen LogP contribution in [0.4, 0.5) is 0 Å². The van der Waals surface area contributed by atoms with Crippen LogP contribution in [0.3, 0.4) is 0 Å². The number of ether oxygens (including phenoxy) is 1. The first-order valence-electron chi connectivity index (χ1n) is 4.78. The van der Waals surface area contributed by atoms with Crippen molar-refractivity contribution in [2.45, 2.75) is 18.5 Å². The quantitative estimate of drug-likeness (QED) is 0.619. The summed E-state index contributed by atoms with van der Waals surface area (Å²) in [6, 6.07) is 7.65. The van der Waals surface area contributed by atoms with E-state index in [1.54, 1.807) is 0 Å². The molecule has 2 atom stereocenters. The highest BCUT2D eigenvalue weighted by molar-refractivity contribution is 6.09. The van der Waals surface area contributed by atoms with Gasteiger partial charge in [-0.15, -0.1) is 0 Å². The molecule has 1 fully saturated rings. The van der Waals surface area contributed by atoms with Crippen LogP contribution in [0.1, 0.15) is 17.3 Å². The van der Waals surface area contributed by atoms with Crippen molar-refractivity contribution in [3.05, 3.63) is 29.8 Å². The number of ketones is 1. The van der Waals surface area contributed by atoms with E-state index in [4.69, 9.17) is 4.74 Å². The molecule has 1 saturated heterocycles. The van der Waals surface area contributed by atoms with E-state index in [9.17, 15) is 4.79 Å². The average Bonchev–Trinajstić information content (AvgIpc) is 2.86. The fraction of sp³-hybridized carbons (Fsp3) is 0.364. The van der Waals surface area contributed by atoms with Crippen molar-refractivity contribution in [1.82, 2.24) is 5.32 Å². The zero-order chi connectivity index (χ0) is 9.76. The van der Waals surface area contributed by atoms with E-state index in [2.05, 4.69) is 5.32 Å². The molecule has 1 aromatic rings. The lowest BCUT2D eigenvalue weighted by Gasteiger charge is -2.22. The topological polar surface area (TPSA) is 48.2 Å². The maximum absolute atomic E-state index is 12.1. The van der Waals surface area contributed by atoms with Crippen LogP contribution in [0, 0.1) is 0 Å². The van der Waals surface area contributed by atoms with Gasteiger partial charge in [-0.05, 0) is 19.1 Å². The number of rotatable bonds is 0. The molecule has 72 valence electrons. The van der Waals surface area contributed by atoms with Gasteiger partial charge in [0.25, 0.3) is 0 Å². The molecule has 0 radical (unpaired) electrons. The van der Waals surface area contributed by atoms with Crippen LogP contribution in [-0.4, -0.2) is 24.0 Å². The Morgan fingerprint density at radius 2 is 2.21 bits per heavy atom. The lowest BCUT2D eigenvalue weighted by atomic mass is 9.92. The summed E-state index contributed by atoms with van der Waals surface area (Å²) in [7, 11) is 0. The molecule has 2 aliphatic rings. The number of nitrogens with one attached hydrogen (secondary N) is 1. The van der Waals surface area contributed by atoms with Crippen molar-refractivity contribution in [3.63, 3.8) is 0 Å². The SMILES string of the molecule is C[C@@H]1N[C@]12COc1ccccc1C2=O. The third-order valence-corrected chi connectivity index (χ3v) is 3.12. The van der Waals surface area contributed by atoms with Crippen LogP contribution < -0.4 is 10.1 Å². The largest absolute Gasteiger partial charge is 0.490 e. The maximum atomic E-state index is 12.1. The number of Topliss-reactive ketones (excluding diaryl/α,β-unsaturated/α-hetero) is 1. The summed E-state index contributed by atoms with van der Waals surface area (Å²) in [6.07, 6.45) is 0. The third-order valence-electron chi connectivity index (χ3n) is 3.12. The Kier molecular flexibility index (Phi) is 1.35. The van der Waals surface area contributed by atoms with Gasteiger partial charge in [0.1, 0.15) is 17.9 Å². The Labute approximate surface area is 82.1 Å². The fourth-order valence-electron chi connectivity index (χ4n) is 2.05. The zero-order valence-corrected chi connectivity index (χ0v) is 7.91. The van der Waals surface area contributed by atoms with E-state index in [0.29, 0.717) is 17.9 Å². The molecule has 1 spiro atoms. The van der Waals surface area contributed by atoms with Gasteiger partial charge in [-0.3, -0.25) is 10.1 Å². The Morgan fingerprint density at radius 3 is 2.93 bits per heavy atom. The van der Waals surface area contributed by atoms with Crippen molar-refractivity contribution in [1.29, 1.82) is 0 Å². The van der Waals surface area contributed by atoms with E-state index in [0.717, 1.165) is 0 Å². The number of carbonyl (C=O) groups is 1. The van der Waals surface area contributed by atoms with E-state index in [-0.39, 0.29) is 11.8 Å². The molecular formula is C11H11NO2. The lowest BCUT2D eigenvalue weighted by Crippen LogP contribution is -2.40. The number of carbonyl (C=O) groups excluding carboxylic acids is 1. The monoisotopic (exact) mass is 189 g/mol. The molecule has 2 heterocycles. The van der Waals surface area contributed by atoms with E-state index in [1.165, 1.54) is 0 Å². The predicted molar refractivity (Wildman–Crippen MR) is 51.6 cm³/mol. The smallest absolute Gasteiger partial charge is 0.191 e. The molecule has 0 aromatic heterocycles. The van der Waals surface area contributed by atoms with Gasteiger partial charge in [0.15, 0.2) is 5.78 Å². The highest BCUT2D eigenvalue weighted by Gasteiger charge is 2.59. The maximum Gasteiger partial charge on any atom is 0.191 e. The van der Waals surface area contributed by atoms with E-state index in [1.807, 2.05) is 31.2 Å². The van der Waals surface area contributed by atoms with E-state index >= 15 is 0 Å². The minimum Gasteiger partial charge on any atom is -0.490 e. The summed E-state index contributed by atoms with van der Waals surface area (Å²) in [5.74, 6) is 0.885. The third kappa shape index (κ3) is 0.826. The summed E-state index contributed by atoms with van der Waals surface area (Å²) in [5, 5.41) is 3.16. The van der Waals surface area contributed by atoms with Crippen LogP contribution >= 0.6 is 0 Å². The number of hydrogen-bond donors (Lipinski definition) is 1. The summed E-state index contributed by atoms with van der Waals surface area (Å²) < 4.78 is 5.56. The van der Waals surface area contributed by atoms with Gasteiger partial charge in [-0.2, -0.15) is 0 Å². The molecule has 0 bridgehead atoms. The Morgan fingerprint density at radius 1 is 1.50 bits per heavy atom. The van der Waals surface area contributed by atoms with Crippen molar-refractivity contribution in [2.24, 2.45) is 0 Å². The molecule has 1 aromatic carbocycles.